The maximum absolute atomic E-state index is 11.4. The number of pyridine rings is 1. The number of nitrogens with one attached hydrogen (secondary N) is 1. The highest BCUT2D eigenvalue weighted by Gasteiger charge is 2.07. The van der Waals surface area contributed by atoms with E-state index in [1.165, 1.54) is 7.11 Å². The summed E-state index contributed by atoms with van der Waals surface area (Å²) in [7, 11) is 1.32. The summed E-state index contributed by atoms with van der Waals surface area (Å²) in [6.07, 6.45) is 1.55. The summed E-state index contributed by atoms with van der Waals surface area (Å²) in [6.45, 7) is 1.02. The highest BCUT2D eigenvalue weighted by molar-refractivity contribution is 5.88. The molecule has 0 aliphatic rings. The molecule has 0 saturated heterocycles. The summed E-state index contributed by atoms with van der Waals surface area (Å²) < 4.78 is 10.2. The number of carbonyl (C=O) groups excluding carboxylic acids is 1. The number of nitrogens with zero attached hydrogens (tertiary/aromatic N) is 1. The highest BCUT2D eigenvalue weighted by Crippen LogP contribution is 2.19. The van der Waals surface area contributed by atoms with Gasteiger partial charge in [-0.2, -0.15) is 0 Å². The molecule has 2 rings (SSSR count). The number of esters is 1. The van der Waals surface area contributed by atoms with Gasteiger partial charge in [0.15, 0.2) is 0 Å². The average Bonchev–Trinajstić information content (AvgIpc) is 2.52. The monoisotopic (exact) mass is 287 g/mol. The standard InChI is InChI=1S/C15H17N3O3/c1-20-15(19)13-10-11(6-7-18-13)17-8-9-21-14-5-3-2-4-12(14)16/h2-7,10H,8-9,16H2,1H3,(H,17,18). The lowest BCUT2D eigenvalue weighted by Gasteiger charge is -2.10. The van der Waals surface area contributed by atoms with E-state index in [9.17, 15) is 4.79 Å². The van der Waals surface area contributed by atoms with Crippen LogP contribution in [0.3, 0.4) is 0 Å². The van der Waals surface area contributed by atoms with Gasteiger partial charge in [-0.25, -0.2) is 9.78 Å². The molecule has 1 aromatic heterocycles. The van der Waals surface area contributed by atoms with Gasteiger partial charge in [0.25, 0.3) is 0 Å². The number of anilines is 2. The largest absolute Gasteiger partial charge is 0.490 e. The minimum absolute atomic E-state index is 0.260. The molecule has 1 heterocycles. The molecular formula is C15H17N3O3. The Kier molecular flexibility index (Phi) is 4.98. The first-order chi connectivity index (χ1) is 10.2. The van der Waals surface area contributed by atoms with Crippen LogP contribution in [0.5, 0.6) is 5.75 Å². The number of hydrogen-bond donors (Lipinski definition) is 2. The molecule has 0 radical (unpaired) electrons. The van der Waals surface area contributed by atoms with Gasteiger partial charge in [-0.15, -0.1) is 0 Å². The van der Waals surface area contributed by atoms with Crippen LogP contribution in [0.4, 0.5) is 11.4 Å². The lowest BCUT2D eigenvalue weighted by atomic mass is 10.3. The molecule has 0 aliphatic carbocycles. The van der Waals surface area contributed by atoms with Crippen molar-refractivity contribution in [3.05, 3.63) is 48.3 Å². The van der Waals surface area contributed by atoms with Gasteiger partial charge < -0.3 is 20.5 Å². The van der Waals surface area contributed by atoms with Crippen LogP contribution in [0.25, 0.3) is 0 Å². The van der Waals surface area contributed by atoms with Crippen molar-refractivity contribution >= 4 is 17.3 Å². The Morgan fingerprint density at radius 1 is 1.33 bits per heavy atom. The third-order valence-corrected chi connectivity index (χ3v) is 2.76. The smallest absolute Gasteiger partial charge is 0.356 e. The number of para-hydroxylation sites is 2. The Balaban J connectivity index is 1.84. The molecule has 0 unspecified atom stereocenters. The van der Waals surface area contributed by atoms with Gasteiger partial charge >= 0.3 is 5.97 Å². The van der Waals surface area contributed by atoms with E-state index in [0.29, 0.717) is 24.6 Å². The van der Waals surface area contributed by atoms with E-state index in [1.807, 2.05) is 18.2 Å². The van der Waals surface area contributed by atoms with Gasteiger partial charge in [-0.1, -0.05) is 12.1 Å². The summed E-state index contributed by atoms with van der Waals surface area (Å²) >= 11 is 0. The van der Waals surface area contributed by atoms with Crippen molar-refractivity contribution in [3.63, 3.8) is 0 Å². The van der Waals surface area contributed by atoms with Crippen molar-refractivity contribution in [1.29, 1.82) is 0 Å². The van der Waals surface area contributed by atoms with Crippen LogP contribution in [0, 0.1) is 0 Å². The second-order valence-corrected chi connectivity index (χ2v) is 4.23. The number of hydrogen-bond acceptors (Lipinski definition) is 6. The molecule has 0 atom stereocenters. The Labute approximate surface area is 122 Å². The van der Waals surface area contributed by atoms with Gasteiger partial charge in [0, 0.05) is 18.4 Å². The van der Waals surface area contributed by atoms with Gasteiger partial charge in [0.1, 0.15) is 18.1 Å². The van der Waals surface area contributed by atoms with Crippen molar-refractivity contribution < 1.29 is 14.3 Å². The van der Waals surface area contributed by atoms with Crippen molar-refractivity contribution in [2.24, 2.45) is 0 Å². The molecule has 0 spiro atoms. The molecule has 110 valence electrons. The molecule has 2 aromatic rings. The molecule has 6 heteroatoms. The maximum atomic E-state index is 11.4. The second-order valence-electron chi connectivity index (χ2n) is 4.23. The van der Waals surface area contributed by atoms with Crippen LogP contribution in [0.15, 0.2) is 42.6 Å². The molecule has 3 N–H and O–H groups in total. The number of ether oxygens (including phenoxy) is 2. The normalized spacial score (nSPS) is 9.95. The van der Waals surface area contributed by atoms with E-state index in [1.54, 1.807) is 24.4 Å². The predicted molar refractivity (Wildman–Crippen MR) is 80.4 cm³/mol. The fourth-order valence-corrected chi connectivity index (χ4v) is 1.73. The third-order valence-electron chi connectivity index (χ3n) is 2.76. The lowest BCUT2D eigenvalue weighted by molar-refractivity contribution is 0.0594. The molecule has 0 amide bonds. The van der Waals surface area contributed by atoms with E-state index in [-0.39, 0.29) is 5.69 Å². The van der Waals surface area contributed by atoms with Crippen molar-refractivity contribution in [2.75, 3.05) is 31.3 Å². The highest BCUT2D eigenvalue weighted by atomic mass is 16.5. The molecule has 1 aromatic carbocycles. The van der Waals surface area contributed by atoms with Crippen LogP contribution < -0.4 is 15.8 Å². The molecule has 0 bridgehead atoms. The Morgan fingerprint density at radius 2 is 2.14 bits per heavy atom. The maximum Gasteiger partial charge on any atom is 0.356 e. The van der Waals surface area contributed by atoms with Crippen molar-refractivity contribution in [1.82, 2.24) is 4.98 Å². The molecule has 0 saturated carbocycles. The molecule has 0 aliphatic heterocycles. The zero-order chi connectivity index (χ0) is 15.1. The number of rotatable bonds is 6. The predicted octanol–water partition coefficient (Wildman–Crippen LogP) is 1.94. The summed E-state index contributed by atoms with van der Waals surface area (Å²) in [5, 5.41) is 3.14. The Bertz CT molecular complexity index is 617. The molecule has 21 heavy (non-hydrogen) atoms. The van der Waals surface area contributed by atoms with Gasteiger partial charge in [-0.05, 0) is 24.3 Å². The van der Waals surface area contributed by atoms with E-state index in [0.717, 1.165) is 5.69 Å². The minimum Gasteiger partial charge on any atom is -0.490 e. The lowest BCUT2D eigenvalue weighted by Crippen LogP contribution is -2.13. The summed E-state index contributed by atoms with van der Waals surface area (Å²) in [4.78, 5) is 15.3. The number of benzene rings is 1. The first-order valence-electron chi connectivity index (χ1n) is 6.46. The van der Waals surface area contributed by atoms with Crippen LogP contribution in [0.2, 0.25) is 0 Å². The summed E-state index contributed by atoms with van der Waals surface area (Å²) in [6, 6.07) is 10.7. The van der Waals surface area contributed by atoms with Gasteiger partial charge in [0.2, 0.25) is 0 Å². The fraction of sp³-hybridized carbons (Fsp3) is 0.200. The van der Waals surface area contributed by atoms with Gasteiger partial charge in [-0.3, -0.25) is 0 Å². The number of carbonyl (C=O) groups is 1. The molecule has 6 nitrogen and oxygen atoms in total. The van der Waals surface area contributed by atoms with Gasteiger partial charge in [0.05, 0.1) is 12.8 Å². The van der Waals surface area contributed by atoms with E-state index in [2.05, 4.69) is 15.0 Å². The summed E-state index contributed by atoms with van der Waals surface area (Å²) in [5.74, 6) is 0.191. The minimum atomic E-state index is -0.466. The average molecular weight is 287 g/mol. The second kappa shape index (κ2) is 7.14. The van der Waals surface area contributed by atoms with Crippen molar-refractivity contribution in [3.8, 4) is 5.75 Å². The quantitative estimate of drug-likeness (QED) is 0.480. The van der Waals surface area contributed by atoms with Crippen LogP contribution in [-0.2, 0) is 4.74 Å². The summed E-state index contributed by atoms with van der Waals surface area (Å²) in [5.41, 5.74) is 7.42. The number of aromatic nitrogens is 1. The first kappa shape index (κ1) is 14.6. The molecular weight excluding hydrogens is 270 g/mol. The van der Waals surface area contributed by atoms with Crippen LogP contribution in [-0.4, -0.2) is 31.2 Å². The fourth-order valence-electron chi connectivity index (χ4n) is 1.73. The Hall–Kier alpha value is -2.76. The number of nitrogen functional groups attached to an aromatic ring is 1. The third kappa shape index (κ3) is 4.10. The topological polar surface area (TPSA) is 86.5 Å². The zero-order valence-electron chi connectivity index (χ0n) is 11.7. The number of methoxy groups -OCH3 is 1. The SMILES string of the molecule is COC(=O)c1cc(NCCOc2ccccc2N)ccn1. The van der Waals surface area contributed by atoms with Crippen molar-refractivity contribution in [2.45, 2.75) is 0 Å². The molecule has 0 fully saturated rings. The number of nitrogens with two attached hydrogens (primary N) is 1. The van der Waals surface area contributed by atoms with E-state index >= 15 is 0 Å². The van der Waals surface area contributed by atoms with Crippen LogP contribution in [0.1, 0.15) is 10.5 Å². The Morgan fingerprint density at radius 3 is 2.90 bits per heavy atom. The van der Waals surface area contributed by atoms with E-state index < -0.39 is 5.97 Å². The van der Waals surface area contributed by atoms with Crippen LogP contribution >= 0.6 is 0 Å². The van der Waals surface area contributed by atoms with E-state index in [4.69, 9.17) is 10.5 Å². The zero-order valence-corrected chi connectivity index (χ0v) is 11.7. The first-order valence-corrected chi connectivity index (χ1v) is 6.46.